The summed E-state index contributed by atoms with van der Waals surface area (Å²) in [6.45, 7) is -0.954. The fourth-order valence-electron chi connectivity index (χ4n) is 1.47. The van der Waals surface area contributed by atoms with Gasteiger partial charge >= 0.3 is 6.18 Å². The van der Waals surface area contributed by atoms with E-state index in [0.717, 1.165) is 10.0 Å². The van der Waals surface area contributed by atoms with E-state index in [1.165, 1.54) is 12.3 Å². The zero-order valence-electron chi connectivity index (χ0n) is 10.7. The molecule has 0 atom stereocenters. The van der Waals surface area contributed by atoms with E-state index in [1.54, 1.807) is 18.3 Å². The average molecular weight is 362 g/mol. The van der Waals surface area contributed by atoms with E-state index < -0.39 is 12.8 Å². The first-order valence-electron chi connectivity index (χ1n) is 5.92. The molecule has 21 heavy (non-hydrogen) atoms. The van der Waals surface area contributed by atoms with Crippen LogP contribution in [0.2, 0.25) is 0 Å². The van der Waals surface area contributed by atoms with Crippen LogP contribution in [0.3, 0.4) is 0 Å². The van der Waals surface area contributed by atoms with Crippen molar-refractivity contribution < 1.29 is 17.9 Å². The average Bonchev–Trinajstić information content (AvgIpc) is 2.44. The summed E-state index contributed by atoms with van der Waals surface area (Å²) in [5.74, 6) is 0.600. The summed E-state index contributed by atoms with van der Waals surface area (Å²) in [6, 6.07) is 6.76. The number of pyridine rings is 2. The molecule has 0 radical (unpaired) electrons. The van der Waals surface area contributed by atoms with Crippen molar-refractivity contribution in [2.75, 3.05) is 11.9 Å². The van der Waals surface area contributed by atoms with Crippen LogP contribution in [0.1, 0.15) is 5.56 Å². The maximum atomic E-state index is 12.1. The third-order valence-electron chi connectivity index (χ3n) is 2.38. The van der Waals surface area contributed by atoms with Gasteiger partial charge in [-0.05, 0) is 39.7 Å². The Morgan fingerprint density at radius 2 is 2.00 bits per heavy atom. The molecule has 0 bridgehead atoms. The molecule has 4 nitrogen and oxygen atoms in total. The third kappa shape index (κ3) is 5.58. The molecule has 0 aliphatic rings. The molecule has 0 unspecified atom stereocenters. The Balaban J connectivity index is 1.93. The molecule has 8 heteroatoms. The van der Waals surface area contributed by atoms with E-state index in [-0.39, 0.29) is 5.88 Å². The van der Waals surface area contributed by atoms with Crippen LogP contribution in [0.15, 0.2) is 41.1 Å². The molecule has 2 rings (SSSR count). The summed E-state index contributed by atoms with van der Waals surface area (Å²) in [5.41, 5.74) is 0.742. The minimum absolute atomic E-state index is 0.0598. The second-order valence-corrected chi connectivity index (χ2v) is 5.04. The van der Waals surface area contributed by atoms with Gasteiger partial charge in [-0.25, -0.2) is 9.97 Å². The summed E-state index contributed by atoms with van der Waals surface area (Å²) in [4.78, 5) is 7.87. The minimum Gasteiger partial charge on any atom is -0.468 e. The molecule has 0 aromatic carbocycles. The normalized spacial score (nSPS) is 11.2. The van der Waals surface area contributed by atoms with Crippen LogP contribution in [-0.2, 0) is 6.54 Å². The van der Waals surface area contributed by atoms with Gasteiger partial charge in [0.2, 0.25) is 5.88 Å². The van der Waals surface area contributed by atoms with Gasteiger partial charge in [0.25, 0.3) is 0 Å². The number of nitrogens with zero attached hydrogens (tertiary/aromatic N) is 2. The topological polar surface area (TPSA) is 47.0 Å². The number of hydrogen-bond donors (Lipinski definition) is 1. The molecule has 2 aromatic rings. The first kappa shape index (κ1) is 15.6. The number of aromatic nitrogens is 2. The summed E-state index contributed by atoms with van der Waals surface area (Å²) in [5, 5.41) is 3.05. The van der Waals surface area contributed by atoms with Crippen LogP contribution in [-0.4, -0.2) is 22.8 Å². The van der Waals surface area contributed by atoms with Crippen molar-refractivity contribution in [3.63, 3.8) is 0 Å². The minimum atomic E-state index is -4.38. The van der Waals surface area contributed by atoms with Crippen molar-refractivity contribution in [1.82, 2.24) is 9.97 Å². The van der Waals surface area contributed by atoms with E-state index in [2.05, 4.69) is 36.0 Å². The molecule has 0 aliphatic heterocycles. The Labute approximate surface area is 127 Å². The number of rotatable bonds is 5. The highest BCUT2D eigenvalue weighted by atomic mass is 79.9. The molecule has 0 saturated heterocycles. The molecule has 0 fully saturated rings. The quantitative estimate of drug-likeness (QED) is 0.879. The van der Waals surface area contributed by atoms with Crippen LogP contribution >= 0.6 is 15.9 Å². The van der Waals surface area contributed by atoms with Crippen LogP contribution in [0, 0.1) is 0 Å². The summed E-state index contributed by atoms with van der Waals surface area (Å²) in [6.07, 6.45) is -1.33. The van der Waals surface area contributed by atoms with Crippen LogP contribution in [0.25, 0.3) is 0 Å². The van der Waals surface area contributed by atoms with E-state index in [0.29, 0.717) is 12.4 Å². The Bertz CT molecular complexity index is 590. The van der Waals surface area contributed by atoms with Crippen LogP contribution in [0.5, 0.6) is 5.88 Å². The maximum Gasteiger partial charge on any atom is 0.422 e. The van der Waals surface area contributed by atoms with Gasteiger partial charge in [0.15, 0.2) is 6.61 Å². The van der Waals surface area contributed by atoms with Crippen molar-refractivity contribution in [3.8, 4) is 5.88 Å². The number of ether oxygens (including phenoxy) is 1. The molecule has 2 aromatic heterocycles. The second kappa shape index (κ2) is 6.75. The fourth-order valence-corrected chi connectivity index (χ4v) is 1.70. The monoisotopic (exact) mass is 361 g/mol. The molecule has 2 heterocycles. The molecular formula is C13H11BrF3N3O. The van der Waals surface area contributed by atoms with Crippen molar-refractivity contribution in [1.29, 1.82) is 0 Å². The molecular weight excluding hydrogens is 351 g/mol. The van der Waals surface area contributed by atoms with Gasteiger partial charge in [0.05, 0.1) is 0 Å². The molecule has 1 N–H and O–H groups in total. The summed E-state index contributed by atoms with van der Waals surface area (Å²) < 4.78 is 41.7. The van der Waals surface area contributed by atoms with Gasteiger partial charge in [-0.2, -0.15) is 13.2 Å². The van der Waals surface area contributed by atoms with Crippen molar-refractivity contribution in [2.24, 2.45) is 0 Å². The number of alkyl halides is 3. The van der Waals surface area contributed by atoms with Gasteiger partial charge in [-0.3, -0.25) is 0 Å². The van der Waals surface area contributed by atoms with Gasteiger partial charge in [-0.15, -0.1) is 0 Å². The van der Waals surface area contributed by atoms with E-state index in [4.69, 9.17) is 0 Å². The maximum absolute atomic E-state index is 12.1. The van der Waals surface area contributed by atoms with Gasteiger partial charge < -0.3 is 10.1 Å². The van der Waals surface area contributed by atoms with Crippen LogP contribution in [0.4, 0.5) is 19.0 Å². The summed E-state index contributed by atoms with van der Waals surface area (Å²) in [7, 11) is 0. The van der Waals surface area contributed by atoms with Gasteiger partial charge in [-0.1, -0.05) is 0 Å². The highest BCUT2D eigenvalue weighted by Crippen LogP contribution is 2.18. The van der Waals surface area contributed by atoms with Crippen molar-refractivity contribution in [3.05, 3.63) is 46.7 Å². The van der Waals surface area contributed by atoms with Crippen molar-refractivity contribution in [2.45, 2.75) is 12.7 Å². The number of nitrogens with one attached hydrogen (secondary N) is 1. The lowest BCUT2D eigenvalue weighted by Gasteiger charge is -2.10. The van der Waals surface area contributed by atoms with E-state index in [9.17, 15) is 13.2 Å². The van der Waals surface area contributed by atoms with Gasteiger partial charge in [0, 0.05) is 29.5 Å². The molecule has 0 aliphatic carbocycles. The Kier molecular flexibility index (Phi) is 5.00. The third-order valence-corrected chi connectivity index (χ3v) is 2.85. The van der Waals surface area contributed by atoms with E-state index >= 15 is 0 Å². The first-order valence-corrected chi connectivity index (χ1v) is 6.71. The highest BCUT2D eigenvalue weighted by Gasteiger charge is 2.28. The standard InChI is InChI=1S/C13H11BrF3N3O/c14-10-1-2-11(20-7-10)19-6-9-3-4-18-12(5-9)21-8-13(15,16)17/h1-5,7H,6,8H2,(H,19,20). The molecule has 0 spiro atoms. The SMILES string of the molecule is FC(F)(F)COc1cc(CNc2ccc(Br)cn2)ccn1. The zero-order valence-corrected chi connectivity index (χ0v) is 12.3. The van der Waals surface area contributed by atoms with E-state index in [1.807, 2.05) is 6.07 Å². The zero-order chi connectivity index (χ0) is 15.3. The first-order chi connectivity index (χ1) is 9.92. The molecule has 112 valence electrons. The number of halogens is 4. The largest absolute Gasteiger partial charge is 0.468 e. The Morgan fingerprint density at radius 3 is 2.67 bits per heavy atom. The fraction of sp³-hybridized carbons (Fsp3) is 0.231. The van der Waals surface area contributed by atoms with Gasteiger partial charge in [0.1, 0.15) is 5.82 Å². The highest BCUT2D eigenvalue weighted by molar-refractivity contribution is 9.10. The lowest BCUT2D eigenvalue weighted by Crippen LogP contribution is -2.19. The number of hydrogen-bond acceptors (Lipinski definition) is 4. The number of anilines is 1. The molecule has 0 saturated carbocycles. The molecule has 0 amide bonds. The second-order valence-electron chi connectivity index (χ2n) is 4.12. The Morgan fingerprint density at radius 1 is 1.19 bits per heavy atom. The summed E-state index contributed by atoms with van der Waals surface area (Å²) >= 11 is 3.28. The Hall–Kier alpha value is -1.83. The van der Waals surface area contributed by atoms with Crippen LogP contribution < -0.4 is 10.1 Å². The predicted molar refractivity (Wildman–Crippen MR) is 75.1 cm³/mol. The lowest BCUT2D eigenvalue weighted by molar-refractivity contribution is -0.154. The lowest BCUT2D eigenvalue weighted by atomic mass is 10.2. The predicted octanol–water partition coefficient (Wildman–Crippen LogP) is 3.79. The van der Waals surface area contributed by atoms with Crippen molar-refractivity contribution >= 4 is 21.7 Å². The smallest absolute Gasteiger partial charge is 0.422 e.